The number of nitro groups is 1. The molecule has 0 radical (unpaired) electrons. The number of rotatable bonds is 5. The number of non-ortho nitro benzene ring substituents is 1. The van der Waals surface area contributed by atoms with Crippen molar-refractivity contribution in [2.75, 3.05) is 5.32 Å². The number of amides is 1. The minimum Gasteiger partial charge on any atom is -0.410 e. The van der Waals surface area contributed by atoms with Crippen LogP contribution < -0.4 is 10.1 Å². The summed E-state index contributed by atoms with van der Waals surface area (Å²) in [5, 5.41) is 13.2. The Balaban J connectivity index is 1.70. The van der Waals surface area contributed by atoms with Gasteiger partial charge in [0.1, 0.15) is 5.75 Å². The molecule has 0 spiro atoms. The first-order valence-electron chi connectivity index (χ1n) is 8.00. The van der Waals surface area contributed by atoms with E-state index in [1.165, 1.54) is 54.6 Å². The van der Waals surface area contributed by atoms with Crippen molar-refractivity contribution in [3.63, 3.8) is 0 Å². The molecule has 0 unspecified atom stereocenters. The van der Waals surface area contributed by atoms with E-state index in [4.69, 9.17) is 4.74 Å². The summed E-state index contributed by atoms with van der Waals surface area (Å²) in [4.78, 5) is 22.3. The van der Waals surface area contributed by atoms with Gasteiger partial charge in [-0.25, -0.2) is 13.2 Å². The summed E-state index contributed by atoms with van der Waals surface area (Å²) in [6.45, 7) is 0. The zero-order valence-corrected chi connectivity index (χ0v) is 15.1. The second-order valence-electron chi connectivity index (χ2n) is 5.61. The Kier molecular flexibility index (Phi) is 5.37. The van der Waals surface area contributed by atoms with Gasteiger partial charge in [-0.2, -0.15) is 0 Å². The number of carbonyl (C=O) groups excluding carboxylic acids is 1. The van der Waals surface area contributed by atoms with Crippen LogP contribution in [0.25, 0.3) is 0 Å². The lowest BCUT2D eigenvalue weighted by Crippen LogP contribution is -2.16. The van der Waals surface area contributed by atoms with Gasteiger partial charge in [0.2, 0.25) is 9.84 Å². The van der Waals surface area contributed by atoms with E-state index in [1.807, 2.05) is 0 Å². The Morgan fingerprint density at radius 1 is 0.893 bits per heavy atom. The van der Waals surface area contributed by atoms with Gasteiger partial charge >= 0.3 is 6.09 Å². The molecule has 0 fully saturated rings. The van der Waals surface area contributed by atoms with E-state index in [-0.39, 0.29) is 21.2 Å². The molecule has 1 amide bonds. The lowest BCUT2D eigenvalue weighted by molar-refractivity contribution is -0.384. The van der Waals surface area contributed by atoms with Gasteiger partial charge in [-0.1, -0.05) is 24.3 Å². The van der Waals surface area contributed by atoms with Gasteiger partial charge in [0, 0.05) is 11.8 Å². The van der Waals surface area contributed by atoms with E-state index in [0.717, 1.165) is 6.07 Å². The molecule has 0 aliphatic heterocycles. The van der Waals surface area contributed by atoms with E-state index in [9.17, 15) is 23.3 Å². The predicted octanol–water partition coefficient (Wildman–Crippen LogP) is 4.04. The van der Waals surface area contributed by atoms with Gasteiger partial charge in [0.05, 0.1) is 20.8 Å². The molecule has 3 rings (SSSR count). The second kappa shape index (κ2) is 7.89. The van der Waals surface area contributed by atoms with Crippen LogP contribution in [0.1, 0.15) is 0 Å². The quantitative estimate of drug-likeness (QED) is 0.512. The van der Waals surface area contributed by atoms with Crippen LogP contribution >= 0.6 is 0 Å². The Morgan fingerprint density at radius 3 is 2.18 bits per heavy atom. The molecule has 0 aromatic heterocycles. The minimum atomic E-state index is -3.65. The third-order valence-corrected chi connectivity index (χ3v) is 5.49. The Bertz CT molecular complexity index is 1110. The van der Waals surface area contributed by atoms with Crippen LogP contribution in [0.5, 0.6) is 5.75 Å². The van der Waals surface area contributed by atoms with Crippen LogP contribution in [-0.4, -0.2) is 19.4 Å². The molecule has 0 bridgehead atoms. The molecule has 3 aromatic carbocycles. The molecule has 0 aliphatic carbocycles. The summed E-state index contributed by atoms with van der Waals surface area (Å²) in [6, 6.07) is 18.7. The summed E-state index contributed by atoms with van der Waals surface area (Å²) >= 11 is 0. The maximum Gasteiger partial charge on any atom is 0.417 e. The third-order valence-electron chi connectivity index (χ3n) is 3.70. The fraction of sp³-hybridized carbons (Fsp3) is 0. The maximum atomic E-state index is 12.5. The summed E-state index contributed by atoms with van der Waals surface area (Å²) in [7, 11) is -3.65. The number of hydrogen-bond acceptors (Lipinski definition) is 6. The zero-order valence-electron chi connectivity index (χ0n) is 14.3. The smallest absolute Gasteiger partial charge is 0.410 e. The number of hydrogen-bond donors (Lipinski definition) is 1. The van der Waals surface area contributed by atoms with Gasteiger partial charge in [-0.3, -0.25) is 15.4 Å². The van der Waals surface area contributed by atoms with Crippen molar-refractivity contribution in [1.29, 1.82) is 0 Å². The van der Waals surface area contributed by atoms with E-state index < -0.39 is 20.9 Å². The number of sulfone groups is 1. The van der Waals surface area contributed by atoms with E-state index in [2.05, 4.69) is 5.32 Å². The molecule has 9 heteroatoms. The van der Waals surface area contributed by atoms with Crippen LogP contribution in [0.15, 0.2) is 88.7 Å². The average Bonchev–Trinajstić information content (AvgIpc) is 2.69. The largest absolute Gasteiger partial charge is 0.417 e. The highest BCUT2D eigenvalue weighted by molar-refractivity contribution is 7.91. The molecule has 142 valence electrons. The van der Waals surface area contributed by atoms with Gasteiger partial charge in [-0.15, -0.1) is 0 Å². The number of nitrogens with one attached hydrogen (secondary N) is 1. The molecular formula is C19H14N2O6S. The standard InChI is InChI=1S/C19H14N2O6S/c22-19(27-16-6-4-5-15(13-16)21(23)24)20-14-9-11-18(12-10-14)28(25,26)17-7-2-1-3-8-17/h1-13H,(H,20,22). The monoisotopic (exact) mass is 398 g/mol. The molecule has 0 heterocycles. The molecule has 0 atom stereocenters. The van der Waals surface area contributed by atoms with Crippen molar-refractivity contribution < 1.29 is 22.9 Å². The van der Waals surface area contributed by atoms with Crippen molar-refractivity contribution in [1.82, 2.24) is 0 Å². The van der Waals surface area contributed by atoms with Crippen LogP contribution in [0.3, 0.4) is 0 Å². The predicted molar refractivity (Wildman–Crippen MR) is 101 cm³/mol. The van der Waals surface area contributed by atoms with Crippen LogP contribution in [0.4, 0.5) is 16.2 Å². The third kappa shape index (κ3) is 4.33. The number of nitrogens with zero attached hydrogens (tertiary/aromatic N) is 1. The summed E-state index contributed by atoms with van der Waals surface area (Å²) in [5.41, 5.74) is 0.100. The molecule has 0 saturated heterocycles. The highest BCUT2D eigenvalue weighted by Crippen LogP contribution is 2.23. The topological polar surface area (TPSA) is 116 Å². The van der Waals surface area contributed by atoms with Crippen LogP contribution in [0, 0.1) is 10.1 Å². The van der Waals surface area contributed by atoms with Crippen LogP contribution in [-0.2, 0) is 9.84 Å². The molecule has 3 aromatic rings. The number of nitro benzene ring substituents is 1. The first-order chi connectivity index (χ1) is 13.4. The highest BCUT2D eigenvalue weighted by Gasteiger charge is 2.17. The molecule has 8 nitrogen and oxygen atoms in total. The first kappa shape index (κ1) is 19.1. The molecule has 0 saturated carbocycles. The normalized spacial score (nSPS) is 10.9. The number of anilines is 1. The SMILES string of the molecule is O=C(Nc1ccc(S(=O)(=O)c2ccccc2)cc1)Oc1cccc([N+](=O)[O-])c1. The van der Waals surface area contributed by atoms with Crippen molar-refractivity contribution >= 4 is 27.3 Å². The maximum absolute atomic E-state index is 12.5. The lowest BCUT2D eigenvalue weighted by atomic mass is 10.3. The van der Waals surface area contributed by atoms with Crippen molar-refractivity contribution in [3.05, 3.63) is 89.0 Å². The molecule has 28 heavy (non-hydrogen) atoms. The Hall–Kier alpha value is -3.72. The minimum absolute atomic E-state index is 0.00924. The number of carbonyl (C=O) groups is 1. The first-order valence-corrected chi connectivity index (χ1v) is 9.48. The van der Waals surface area contributed by atoms with Crippen molar-refractivity contribution in [3.8, 4) is 5.75 Å². The number of ether oxygens (including phenoxy) is 1. The summed E-state index contributed by atoms with van der Waals surface area (Å²) < 4.78 is 30.1. The number of benzene rings is 3. The fourth-order valence-electron chi connectivity index (χ4n) is 2.36. The van der Waals surface area contributed by atoms with E-state index >= 15 is 0 Å². The highest BCUT2D eigenvalue weighted by atomic mass is 32.2. The van der Waals surface area contributed by atoms with Gasteiger partial charge in [-0.05, 0) is 42.5 Å². The van der Waals surface area contributed by atoms with Crippen molar-refractivity contribution in [2.45, 2.75) is 9.79 Å². The fourth-order valence-corrected chi connectivity index (χ4v) is 3.65. The Labute approximate surface area is 160 Å². The summed E-state index contributed by atoms with van der Waals surface area (Å²) in [6.07, 6.45) is -0.862. The van der Waals surface area contributed by atoms with Gasteiger partial charge < -0.3 is 4.74 Å². The van der Waals surface area contributed by atoms with E-state index in [0.29, 0.717) is 5.69 Å². The van der Waals surface area contributed by atoms with Gasteiger partial charge in [0.25, 0.3) is 5.69 Å². The molecule has 0 aliphatic rings. The molecule has 1 N–H and O–H groups in total. The Morgan fingerprint density at radius 2 is 1.54 bits per heavy atom. The lowest BCUT2D eigenvalue weighted by Gasteiger charge is -2.08. The van der Waals surface area contributed by atoms with E-state index in [1.54, 1.807) is 18.2 Å². The van der Waals surface area contributed by atoms with Crippen molar-refractivity contribution in [2.24, 2.45) is 0 Å². The van der Waals surface area contributed by atoms with Crippen LogP contribution in [0.2, 0.25) is 0 Å². The second-order valence-corrected chi connectivity index (χ2v) is 7.56. The molecular weight excluding hydrogens is 384 g/mol. The summed E-state index contributed by atoms with van der Waals surface area (Å²) in [5.74, 6) is 0.00924. The van der Waals surface area contributed by atoms with Gasteiger partial charge in [0.15, 0.2) is 0 Å². The average molecular weight is 398 g/mol. The zero-order chi connectivity index (χ0) is 20.1.